The fourth-order valence-corrected chi connectivity index (χ4v) is 3.76. The molecule has 1 N–H and O–H groups in total. The number of carbonyl (C=O) groups is 2. The Morgan fingerprint density at radius 3 is 2.04 bits per heavy atom. The van der Waals surface area contributed by atoms with E-state index in [4.69, 9.17) is 9.47 Å². The van der Waals surface area contributed by atoms with E-state index in [1.807, 2.05) is 0 Å². The molecule has 152 valence electrons. The van der Waals surface area contributed by atoms with Crippen LogP contribution >= 0.6 is 0 Å². The van der Waals surface area contributed by atoms with E-state index in [0.29, 0.717) is 10.1 Å². The number of methoxy groups -OCH3 is 1. The molecular formula is C18H27NO7S. The topological polar surface area (TPSA) is 110 Å². The average Bonchev–Trinajstić information content (AvgIpc) is 2.51. The summed E-state index contributed by atoms with van der Waals surface area (Å²) >= 11 is 0. The number of hydrogen-bond donors (Lipinski definition) is 1. The van der Waals surface area contributed by atoms with Crippen LogP contribution in [0.1, 0.15) is 41.0 Å². The first-order valence-corrected chi connectivity index (χ1v) is 9.88. The molecule has 8 nitrogen and oxygen atoms in total. The molecule has 1 unspecified atom stereocenters. The number of sulfonamides is 1. The van der Waals surface area contributed by atoms with Crippen molar-refractivity contribution in [2.75, 3.05) is 7.11 Å². The van der Waals surface area contributed by atoms with Crippen LogP contribution in [-0.4, -0.2) is 48.6 Å². The third-order valence-corrected chi connectivity index (χ3v) is 5.24. The summed E-state index contributed by atoms with van der Waals surface area (Å²) in [5, 5.41) is 9.60. The van der Waals surface area contributed by atoms with Gasteiger partial charge < -0.3 is 14.6 Å². The second-order valence-corrected chi connectivity index (χ2v) is 9.26. The lowest BCUT2D eigenvalue weighted by Gasteiger charge is -2.31. The molecule has 0 aliphatic rings. The van der Waals surface area contributed by atoms with Gasteiger partial charge in [0, 0.05) is 0 Å². The van der Waals surface area contributed by atoms with Gasteiger partial charge in [-0.3, -0.25) is 0 Å². The number of ether oxygens (including phenoxy) is 2. The number of carbonyl (C=O) groups excluding carboxylic acids is 1. The highest BCUT2D eigenvalue weighted by Crippen LogP contribution is 2.26. The Labute approximate surface area is 160 Å². The molecule has 0 aliphatic heterocycles. The highest BCUT2D eigenvalue weighted by molar-refractivity contribution is 7.89. The first kappa shape index (κ1) is 22.8. The predicted molar refractivity (Wildman–Crippen MR) is 99.1 cm³/mol. The van der Waals surface area contributed by atoms with Crippen LogP contribution in [0.4, 0.5) is 4.79 Å². The van der Waals surface area contributed by atoms with Crippen LogP contribution < -0.4 is 4.74 Å². The van der Waals surface area contributed by atoms with Crippen molar-refractivity contribution in [2.24, 2.45) is 5.92 Å². The normalized spacial score (nSPS) is 13.1. The number of carboxylic acid groups (broad SMARTS) is 1. The fraction of sp³-hybridized carbons (Fsp3) is 0.556. The number of nitrogens with zero attached hydrogens (tertiary/aromatic N) is 1. The van der Waals surface area contributed by atoms with Crippen molar-refractivity contribution in [3.05, 3.63) is 24.3 Å². The Morgan fingerprint density at radius 2 is 1.67 bits per heavy atom. The van der Waals surface area contributed by atoms with Gasteiger partial charge in [-0.1, -0.05) is 13.8 Å². The first-order valence-electron chi connectivity index (χ1n) is 8.44. The molecule has 1 amide bonds. The summed E-state index contributed by atoms with van der Waals surface area (Å²) in [6.07, 6.45) is -1.28. The SMILES string of the molecule is COc1ccc(S(=O)(=O)N(C(=O)OC(C)(C)C)C(CC(C)C)C(=O)O)cc1. The summed E-state index contributed by atoms with van der Waals surface area (Å²) in [6, 6.07) is 3.74. The molecule has 0 aromatic heterocycles. The molecular weight excluding hydrogens is 374 g/mol. The Kier molecular flexibility index (Phi) is 7.25. The van der Waals surface area contributed by atoms with Gasteiger partial charge in [-0.15, -0.1) is 0 Å². The summed E-state index contributed by atoms with van der Waals surface area (Å²) < 4.78 is 36.7. The summed E-state index contributed by atoms with van der Waals surface area (Å²) in [5.41, 5.74) is -0.994. The summed E-state index contributed by atoms with van der Waals surface area (Å²) in [7, 11) is -3.03. The van der Waals surface area contributed by atoms with Crippen molar-refractivity contribution >= 4 is 22.1 Å². The van der Waals surface area contributed by atoms with Gasteiger partial charge in [0.15, 0.2) is 0 Å². The molecule has 0 aliphatic carbocycles. The van der Waals surface area contributed by atoms with E-state index < -0.39 is 33.7 Å². The second-order valence-electron chi connectivity index (χ2n) is 7.44. The molecule has 0 saturated carbocycles. The number of hydrogen-bond acceptors (Lipinski definition) is 6. The van der Waals surface area contributed by atoms with Crippen LogP contribution in [-0.2, 0) is 19.6 Å². The quantitative estimate of drug-likeness (QED) is 0.747. The third kappa shape index (κ3) is 6.13. The van der Waals surface area contributed by atoms with Gasteiger partial charge >= 0.3 is 12.1 Å². The van der Waals surface area contributed by atoms with Crippen molar-refractivity contribution in [1.29, 1.82) is 0 Å². The molecule has 1 rings (SSSR count). The maximum atomic E-state index is 13.1. The molecule has 9 heteroatoms. The second kappa shape index (κ2) is 8.60. The molecule has 1 aromatic carbocycles. The zero-order valence-corrected chi connectivity index (χ0v) is 17.2. The van der Waals surface area contributed by atoms with Gasteiger partial charge in [-0.05, 0) is 57.4 Å². The lowest BCUT2D eigenvalue weighted by molar-refractivity contribution is -0.142. The van der Waals surface area contributed by atoms with E-state index >= 15 is 0 Å². The largest absolute Gasteiger partial charge is 0.497 e. The van der Waals surface area contributed by atoms with Crippen molar-refractivity contribution in [3.63, 3.8) is 0 Å². The fourth-order valence-electron chi connectivity index (χ4n) is 2.30. The summed E-state index contributed by atoms with van der Waals surface area (Å²) in [4.78, 5) is 24.2. The molecule has 0 heterocycles. The van der Waals surface area contributed by atoms with Crippen LogP contribution in [0.25, 0.3) is 0 Å². The van der Waals surface area contributed by atoms with Gasteiger partial charge in [0.25, 0.3) is 10.0 Å². The molecule has 0 saturated heterocycles. The Bertz CT molecular complexity index is 764. The minimum atomic E-state index is -4.47. The molecule has 27 heavy (non-hydrogen) atoms. The van der Waals surface area contributed by atoms with Crippen LogP contribution in [0.2, 0.25) is 0 Å². The molecule has 0 spiro atoms. The van der Waals surface area contributed by atoms with E-state index in [1.165, 1.54) is 31.4 Å². The molecule has 0 bridgehead atoms. The Hall–Kier alpha value is -2.29. The number of rotatable bonds is 7. The van der Waals surface area contributed by atoms with Gasteiger partial charge in [0.1, 0.15) is 17.4 Å². The highest BCUT2D eigenvalue weighted by Gasteiger charge is 2.42. The van der Waals surface area contributed by atoms with Crippen LogP contribution in [0, 0.1) is 5.92 Å². The average molecular weight is 401 g/mol. The zero-order valence-electron chi connectivity index (χ0n) is 16.4. The maximum absolute atomic E-state index is 13.1. The lowest BCUT2D eigenvalue weighted by atomic mass is 10.0. The number of amides is 1. The molecule has 0 radical (unpaired) electrons. The van der Waals surface area contributed by atoms with E-state index in [-0.39, 0.29) is 17.2 Å². The van der Waals surface area contributed by atoms with Gasteiger partial charge in [-0.2, -0.15) is 4.31 Å². The number of benzene rings is 1. The molecule has 1 aromatic rings. The van der Waals surface area contributed by atoms with Gasteiger partial charge in [-0.25, -0.2) is 18.0 Å². The minimum Gasteiger partial charge on any atom is -0.497 e. The third-order valence-electron chi connectivity index (χ3n) is 3.45. The summed E-state index contributed by atoms with van der Waals surface area (Å²) in [5.74, 6) is -1.16. The van der Waals surface area contributed by atoms with E-state index in [9.17, 15) is 23.1 Å². The zero-order chi connectivity index (χ0) is 21.0. The van der Waals surface area contributed by atoms with Gasteiger partial charge in [0.05, 0.1) is 12.0 Å². The lowest BCUT2D eigenvalue weighted by Crippen LogP contribution is -2.50. The number of carboxylic acids is 1. The van der Waals surface area contributed by atoms with E-state index in [2.05, 4.69) is 0 Å². The standard InChI is InChI=1S/C18H27NO7S/c1-12(2)11-15(16(20)21)19(17(22)26-18(3,4)5)27(23,24)14-9-7-13(25-6)8-10-14/h7-10,12,15H,11H2,1-6H3,(H,20,21). The molecule has 0 fully saturated rings. The highest BCUT2D eigenvalue weighted by atomic mass is 32.2. The van der Waals surface area contributed by atoms with Crippen molar-refractivity contribution in [1.82, 2.24) is 4.31 Å². The Balaban J connectivity index is 3.48. The van der Waals surface area contributed by atoms with E-state index in [0.717, 1.165) is 0 Å². The van der Waals surface area contributed by atoms with Crippen LogP contribution in [0.15, 0.2) is 29.2 Å². The number of aliphatic carboxylic acids is 1. The van der Waals surface area contributed by atoms with Crippen molar-refractivity contribution < 1.29 is 32.6 Å². The van der Waals surface area contributed by atoms with Gasteiger partial charge in [0.2, 0.25) is 0 Å². The van der Waals surface area contributed by atoms with Crippen LogP contribution in [0.3, 0.4) is 0 Å². The predicted octanol–water partition coefficient (Wildman–Crippen LogP) is 3.12. The van der Waals surface area contributed by atoms with E-state index in [1.54, 1.807) is 34.6 Å². The molecule has 1 atom stereocenters. The minimum absolute atomic E-state index is 0.0516. The first-order chi connectivity index (χ1) is 12.3. The van der Waals surface area contributed by atoms with Crippen molar-refractivity contribution in [3.8, 4) is 5.75 Å². The maximum Gasteiger partial charge on any atom is 0.425 e. The van der Waals surface area contributed by atoms with Crippen molar-refractivity contribution in [2.45, 2.75) is 57.6 Å². The summed E-state index contributed by atoms with van der Waals surface area (Å²) in [6.45, 7) is 8.19. The Morgan fingerprint density at radius 1 is 1.15 bits per heavy atom. The smallest absolute Gasteiger partial charge is 0.425 e. The van der Waals surface area contributed by atoms with Crippen LogP contribution in [0.5, 0.6) is 5.75 Å². The monoisotopic (exact) mass is 401 g/mol.